The summed E-state index contributed by atoms with van der Waals surface area (Å²) >= 11 is 0. The molecule has 5 nitrogen and oxygen atoms in total. The van der Waals surface area contributed by atoms with Crippen molar-refractivity contribution in [3.05, 3.63) is 89.1 Å². The van der Waals surface area contributed by atoms with E-state index in [1.807, 2.05) is 42.5 Å². The van der Waals surface area contributed by atoms with Gasteiger partial charge in [0, 0.05) is 16.7 Å². The molecule has 1 aliphatic rings. The Hall–Kier alpha value is -3.73. The monoisotopic (exact) mass is 366 g/mol. The van der Waals surface area contributed by atoms with Crippen LogP contribution in [0.5, 0.6) is 0 Å². The summed E-state index contributed by atoms with van der Waals surface area (Å²) in [5, 5.41) is 13.7. The van der Waals surface area contributed by atoms with Crippen LogP contribution >= 0.6 is 0 Å². The summed E-state index contributed by atoms with van der Waals surface area (Å²) in [6.45, 7) is 0. The Morgan fingerprint density at radius 3 is 2.79 bits per heavy atom. The van der Waals surface area contributed by atoms with E-state index in [4.69, 9.17) is 0 Å². The molecule has 2 N–H and O–H groups in total. The largest absolute Gasteiger partial charge is 0.289 e. The van der Waals surface area contributed by atoms with Crippen LogP contribution in [-0.4, -0.2) is 22.3 Å². The molecule has 0 unspecified atom stereocenters. The van der Waals surface area contributed by atoms with Crippen molar-refractivity contribution in [1.29, 1.82) is 0 Å². The number of aromatic amines is 1. The zero-order valence-corrected chi connectivity index (χ0v) is 15.1. The van der Waals surface area contributed by atoms with Crippen molar-refractivity contribution < 1.29 is 4.79 Å². The molecule has 5 heteroatoms. The van der Waals surface area contributed by atoms with E-state index >= 15 is 0 Å². The molecule has 4 aromatic rings. The van der Waals surface area contributed by atoms with Crippen molar-refractivity contribution >= 4 is 22.9 Å². The molecule has 0 radical (unpaired) electrons. The summed E-state index contributed by atoms with van der Waals surface area (Å²) in [4.78, 5) is 12.6. The topological polar surface area (TPSA) is 70.1 Å². The van der Waals surface area contributed by atoms with Gasteiger partial charge in [-0.15, -0.1) is 0 Å². The van der Waals surface area contributed by atoms with E-state index in [1.165, 1.54) is 5.56 Å². The lowest BCUT2D eigenvalue weighted by atomic mass is 9.89. The second-order valence-corrected chi connectivity index (χ2v) is 6.85. The van der Waals surface area contributed by atoms with Gasteiger partial charge in [-0.3, -0.25) is 9.89 Å². The van der Waals surface area contributed by atoms with E-state index in [2.05, 4.69) is 45.0 Å². The maximum atomic E-state index is 12.6. The highest BCUT2D eigenvalue weighted by Gasteiger charge is 2.24. The molecule has 0 atom stereocenters. The van der Waals surface area contributed by atoms with Crippen LogP contribution in [0.25, 0.3) is 22.0 Å². The average molecular weight is 366 g/mol. The second kappa shape index (κ2) is 6.78. The molecule has 0 fully saturated rings. The van der Waals surface area contributed by atoms with Gasteiger partial charge in [0.2, 0.25) is 0 Å². The standard InChI is InChI=1S/C23H18N4O/c28-23(27-24-14-17-9-5-8-15-6-1-3-10-18(15)17)22-20-13-12-16-7-2-4-11-19(16)21(20)25-26-22/h1-11,14H,12-13H2,(H,25,26)(H,27,28). The minimum atomic E-state index is -0.274. The SMILES string of the molecule is O=C(NN=Cc1cccc2ccccc12)c1[nH]nc2c1CCc1ccccc1-2. The molecule has 0 saturated heterocycles. The van der Waals surface area contributed by atoms with Crippen LogP contribution in [0, 0.1) is 0 Å². The minimum Gasteiger partial charge on any atom is -0.272 e. The Morgan fingerprint density at radius 2 is 1.82 bits per heavy atom. The van der Waals surface area contributed by atoms with Gasteiger partial charge >= 0.3 is 0 Å². The molecule has 1 amide bonds. The van der Waals surface area contributed by atoms with Crippen molar-refractivity contribution in [1.82, 2.24) is 15.6 Å². The predicted molar refractivity (Wildman–Crippen MR) is 110 cm³/mol. The first-order chi connectivity index (χ1) is 13.8. The van der Waals surface area contributed by atoms with Crippen LogP contribution in [0.2, 0.25) is 0 Å². The summed E-state index contributed by atoms with van der Waals surface area (Å²) in [7, 11) is 0. The third kappa shape index (κ3) is 2.77. The summed E-state index contributed by atoms with van der Waals surface area (Å²) in [6.07, 6.45) is 3.37. The summed E-state index contributed by atoms with van der Waals surface area (Å²) < 4.78 is 0. The van der Waals surface area contributed by atoms with E-state index in [-0.39, 0.29) is 5.91 Å². The predicted octanol–water partition coefficient (Wildman–Crippen LogP) is 4.09. The maximum Gasteiger partial charge on any atom is 0.289 e. The van der Waals surface area contributed by atoms with Crippen molar-refractivity contribution in [3.63, 3.8) is 0 Å². The average Bonchev–Trinajstić information content (AvgIpc) is 3.19. The molecule has 0 aliphatic heterocycles. The molecule has 0 bridgehead atoms. The number of carbonyl (C=O) groups excluding carboxylic acids is 1. The first-order valence-corrected chi connectivity index (χ1v) is 9.28. The number of carbonyl (C=O) groups is 1. The van der Waals surface area contributed by atoms with Crippen LogP contribution in [-0.2, 0) is 12.8 Å². The van der Waals surface area contributed by atoms with Gasteiger partial charge in [-0.2, -0.15) is 10.2 Å². The van der Waals surface area contributed by atoms with Crippen molar-refractivity contribution in [3.8, 4) is 11.3 Å². The normalized spacial score (nSPS) is 12.7. The molecular formula is C23H18N4O. The molecule has 1 aromatic heterocycles. The first-order valence-electron chi connectivity index (χ1n) is 9.28. The highest BCUT2D eigenvalue weighted by atomic mass is 16.2. The highest BCUT2D eigenvalue weighted by Crippen LogP contribution is 2.33. The fourth-order valence-corrected chi connectivity index (χ4v) is 3.83. The Morgan fingerprint density at radius 1 is 1.00 bits per heavy atom. The van der Waals surface area contributed by atoms with Gasteiger partial charge < -0.3 is 0 Å². The molecule has 3 aromatic carbocycles. The van der Waals surface area contributed by atoms with Crippen molar-refractivity contribution in [2.24, 2.45) is 5.10 Å². The Labute approximate surface area is 162 Å². The van der Waals surface area contributed by atoms with Crippen molar-refractivity contribution in [2.75, 3.05) is 0 Å². The Kier molecular flexibility index (Phi) is 3.98. The van der Waals surface area contributed by atoms with Gasteiger partial charge in [0.15, 0.2) is 0 Å². The summed E-state index contributed by atoms with van der Waals surface area (Å²) in [5.41, 5.74) is 8.26. The number of aryl methyl sites for hydroxylation is 1. The summed E-state index contributed by atoms with van der Waals surface area (Å²) in [5.74, 6) is -0.274. The van der Waals surface area contributed by atoms with E-state index in [0.717, 1.165) is 46.0 Å². The Bertz CT molecular complexity index is 1220. The van der Waals surface area contributed by atoms with Gasteiger partial charge in [-0.05, 0) is 29.2 Å². The third-order valence-corrected chi connectivity index (χ3v) is 5.20. The number of benzene rings is 3. The lowest BCUT2D eigenvalue weighted by Crippen LogP contribution is -2.20. The van der Waals surface area contributed by atoms with E-state index in [9.17, 15) is 4.79 Å². The molecule has 136 valence electrons. The van der Waals surface area contributed by atoms with Crippen LogP contribution < -0.4 is 5.43 Å². The van der Waals surface area contributed by atoms with Gasteiger partial charge in [0.1, 0.15) is 5.69 Å². The quantitative estimate of drug-likeness (QED) is 0.423. The van der Waals surface area contributed by atoms with Gasteiger partial charge in [0.25, 0.3) is 5.91 Å². The summed E-state index contributed by atoms with van der Waals surface area (Å²) in [6, 6.07) is 22.3. The number of fused-ring (bicyclic) bond motifs is 4. The number of H-pyrrole nitrogens is 1. The number of rotatable bonds is 3. The second-order valence-electron chi connectivity index (χ2n) is 6.85. The van der Waals surface area contributed by atoms with E-state index in [1.54, 1.807) is 6.21 Å². The fraction of sp³-hybridized carbons (Fsp3) is 0.0870. The number of nitrogens with one attached hydrogen (secondary N) is 2. The zero-order valence-electron chi connectivity index (χ0n) is 15.1. The number of aromatic nitrogens is 2. The smallest absolute Gasteiger partial charge is 0.272 e. The molecule has 0 spiro atoms. The number of hydrogen-bond acceptors (Lipinski definition) is 3. The molecule has 5 rings (SSSR count). The van der Waals surface area contributed by atoms with Crippen molar-refractivity contribution in [2.45, 2.75) is 12.8 Å². The maximum absolute atomic E-state index is 12.6. The van der Waals surface area contributed by atoms with Crippen LogP contribution in [0.15, 0.2) is 71.8 Å². The fourth-order valence-electron chi connectivity index (χ4n) is 3.83. The van der Waals surface area contributed by atoms with E-state index in [0.29, 0.717) is 5.69 Å². The van der Waals surface area contributed by atoms with Gasteiger partial charge in [0.05, 0.1) is 11.9 Å². The van der Waals surface area contributed by atoms with E-state index < -0.39 is 0 Å². The zero-order chi connectivity index (χ0) is 18.9. The van der Waals surface area contributed by atoms with Gasteiger partial charge in [-0.1, -0.05) is 66.7 Å². The van der Waals surface area contributed by atoms with Crippen LogP contribution in [0.3, 0.4) is 0 Å². The number of hydrazone groups is 1. The van der Waals surface area contributed by atoms with Crippen LogP contribution in [0.4, 0.5) is 0 Å². The lowest BCUT2D eigenvalue weighted by Gasteiger charge is -2.15. The van der Waals surface area contributed by atoms with Gasteiger partial charge in [-0.25, -0.2) is 5.43 Å². The number of amides is 1. The first kappa shape index (κ1) is 16.4. The molecule has 1 heterocycles. The molecule has 0 saturated carbocycles. The third-order valence-electron chi connectivity index (χ3n) is 5.20. The minimum absolute atomic E-state index is 0.274. The highest BCUT2D eigenvalue weighted by molar-refractivity contribution is 6.01. The number of hydrogen-bond donors (Lipinski definition) is 2. The molecule has 28 heavy (non-hydrogen) atoms. The lowest BCUT2D eigenvalue weighted by molar-refractivity contribution is 0.0949. The Balaban J connectivity index is 1.39. The molecular weight excluding hydrogens is 348 g/mol. The van der Waals surface area contributed by atoms with Crippen LogP contribution in [0.1, 0.15) is 27.2 Å². The number of nitrogens with zero attached hydrogens (tertiary/aromatic N) is 2. The molecule has 1 aliphatic carbocycles.